The summed E-state index contributed by atoms with van der Waals surface area (Å²) in [5.41, 5.74) is 1.83. The molecule has 3 aromatic rings. The minimum Gasteiger partial charge on any atom is -0.419 e. The molecule has 1 aliphatic heterocycles. The summed E-state index contributed by atoms with van der Waals surface area (Å²) in [6.07, 6.45) is 0.782. The van der Waals surface area contributed by atoms with Gasteiger partial charge in [-0.2, -0.15) is 0 Å². The van der Waals surface area contributed by atoms with Crippen LogP contribution in [0.4, 0.5) is 5.69 Å². The van der Waals surface area contributed by atoms with Crippen LogP contribution >= 0.6 is 0 Å². The molecule has 0 N–H and O–H groups in total. The first-order valence-electron chi connectivity index (χ1n) is 8.67. The number of para-hydroxylation sites is 1. The SMILES string of the molecule is CN(Cc1nnc(-c2ccccc2)o1)[C@H]1CCN(c2ccccc2)C1=O. The Morgan fingerprint density at radius 3 is 2.50 bits per heavy atom. The fourth-order valence-corrected chi connectivity index (χ4v) is 3.28. The summed E-state index contributed by atoms with van der Waals surface area (Å²) in [6.45, 7) is 1.16. The van der Waals surface area contributed by atoms with Crippen molar-refractivity contribution in [3.05, 3.63) is 66.6 Å². The first kappa shape index (κ1) is 16.5. The highest BCUT2D eigenvalue weighted by Gasteiger charge is 2.35. The Balaban J connectivity index is 1.43. The van der Waals surface area contributed by atoms with Crippen LogP contribution < -0.4 is 4.90 Å². The highest BCUT2D eigenvalue weighted by molar-refractivity contribution is 5.99. The van der Waals surface area contributed by atoms with Crippen molar-refractivity contribution in [2.45, 2.75) is 19.0 Å². The normalized spacial score (nSPS) is 17.2. The van der Waals surface area contributed by atoms with E-state index in [-0.39, 0.29) is 11.9 Å². The van der Waals surface area contributed by atoms with E-state index in [1.54, 1.807) is 0 Å². The van der Waals surface area contributed by atoms with Crippen molar-refractivity contribution in [3.63, 3.8) is 0 Å². The van der Waals surface area contributed by atoms with Gasteiger partial charge < -0.3 is 9.32 Å². The molecule has 6 nitrogen and oxygen atoms in total. The molecule has 2 aromatic carbocycles. The lowest BCUT2D eigenvalue weighted by molar-refractivity contribution is -0.121. The van der Waals surface area contributed by atoms with E-state index in [0.717, 1.165) is 24.2 Å². The van der Waals surface area contributed by atoms with E-state index in [2.05, 4.69) is 10.2 Å². The van der Waals surface area contributed by atoms with Gasteiger partial charge in [-0.25, -0.2) is 0 Å². The van der Waals surface area contributed by atoms with Gasteiger partial charge in [-0.3, -0.25) is 9.69 Å². The zero-order valence-electron chi connectivity index (χ0n) is 14.6. The molecule has 1 aromatic heterocycles. The molecule has 0 aliphatic carbocycles. The van der Waals surface area contributed by atoms with E-state index >= 15 is 0 Å². The van der Waals surface area contributed by atoms with Crippen LogP contribution in [0.25, 0.3) is 11.5 Å². The van der Waals surface area contributed by atoms with Crippen LogP contribution in [0.3, 0.4) is 0 Å². The fourth-order valence-electron chi connectivity index (χ4n) is 3.28. The molecule has 4 rings (SSSR count). The molecule has 6 heteroatoms. The van der Waals surface area contributed by atoms with Gasteiger partial charge in [0, 0.05) is 17.8 Å². The smallest absolute Gasteiger partial charge is 0.247 e. The van der Waals surface area contributed by atoms with Gasteiger partial charge in [0.25, 0.3) is 0 Å². The van der Waals surface area contributed by atoms with Crippen LogP contribution in [0.1, 0.15) is 12.3 Å². The largest absolute Gasteiger partial charge is 0.419 e. The third-order valence-corrected chi connectivity index (χ3v) is 4.65. The van der Waals surface area contributed by atoms with E-state index in [4.69, 9.17) is 4.42 Å². The highest BCUT2D eigenvalue weighted by Crippen LogP contribution is 2.25. The van der Waals surface area contributed by atoms with E-state index in [1.165, 1.54) is 0 Å². The average molecular weight is 348 g/mol. The number of benzene rings is 2. The van der Waals surface area contributed by atoms with E-state index in [0.29, 0.717) is 18.3 Å². The summed E-state index contributed by atoms with van der Waals surface area (Å²) in [7, 11) is 1.92. The molecular formula is C20H20N4O2. The molecule has 1 saturated heterocycles. The average Bonchev–Trinajstić information content (AvgIpc) is 3.30. The maximum Gasteiger partial charge on any atom is 0.247 e. The van der Waals surface area contributed by atoms with Gasteiger partial charge >= 0.3 is 0 Å². The number of rotatable bonds is 5. The van der Waals surface area contributed by atoms with Crippen molar-refractivity contribution in [2.75, 3.05) is 18.5 Å². The third-order valence-electron chi connectivity index (χ3n) is 4.65. The summed E-state index contributed by atoms with van der Waals surface area (Å²) in [5.74, 6) is 1.12. The van der Waals surface area contributed by atoms with Crippen LogP contribution in [0, 0.1) is 0 Å². The Morgan fingerprint density at radius 1 is 1.08 bits per heavy atom. The number of anilines is 1. The van der Waals surface area contributed by atoms with Crippen molar-refractivity contribution in [1.29, 1.82) is 0 Å². The molecule has 26 heavy (non-hydrogen) atoms. The van der Waals surface area contributed by atoms with Crippen molar-refractivity contribution in [1.82, 2.24) is 15.1 Å². The van der Waals surface area contributed by atoms with E-state index in [1.807, 2.05) is 77.5 Å². The molecule has 1 aliphatic rings. The number of carbonyl (C=O) groups is 1. The molecule has 0 radical (unpaired) electrons. The first-order valence-corrected chi connectivity index (χ1v) is 8.67. The lowest BCUT2D eigenvalue weighted by Gasteiger charge is -2.22. The highest BCUT2D eigenvalue weighted by atomic mass is 16.4. The summed E-state index contributed by atoms with van der Waals surface area (Å²) in [5, 5.41) is 8.23. The Labute approximate surface area is 152 Å². The van der Waals surface area contributed by atoms with Crippen LogP contribution in [0.2, 0.25) is 0 Å². The predicted octanol–water partition coefficient (Wildman–Crippen LogP) is 2.97. The molecule has 2 heterocycles. The lowest BCUT2D eigenvalue weighted by Crippen LogP contribution is -2.39. The second-order valence-electron chi connectivity index (χ2n) is 6.41. The number of hydrogen-bond donors (Lipinski definition) is 0. The second-order valence-corrected chi connectivity index (χ2v) is 6.41. The quantitative estimate of drug-likeness (QED) is 0.709. The standard InChI is InChI=1S/C20H20N4O2/c1-23(14-18-21-22-19(26-18)15-8-4-2-5-9-15)17-12-13-24(20(17)25)16-10-6-3-7-11-16/h2-11,17H,12-14H2,1H3/t17-/m0/s1. The number of nitrogens with zero attached hydrogens (tertiary/aromatic N) is 4. The summed E-state index contributed by atoms with van der Waals surface area (Å²) in [4.78, 5) is 16.6. The van der Waals surface area contributed by atoms with Crippen molar-refractivity contribution in [2.24, 2.45) is 0 Å². The van der Waals surface area contributed by atoms with Crippen LogP contribution in [0.5, 0.6) is 0 Å². The van der Waals surface area contributed by atoms with Gasteiger partial charge in [-0.1, -0.05) is 36.4 Å². The van der Waals surface area contributed by atoms with Gasteiger partial charge in [0.15, 0.2) is 0 Å². The van der Waals surface area contributed by atoms with Crippen molar-refractivity contribution < 1.29 is 9.21 Å². The number of likely N-dealkylation sites (N-methyl/N-ethyl adjacent to an activating group) is 1. The summed E-state index contributed by atoms with van der Waals surface area (Å²) in [6, 6.07) is 19.3. The predicted molar refractivity (Wildman–Crippen MR) is 98.4 cm³/mol. The second kappa shape index (κ2) is 7.09. The Morgan fingerprint density at radius 2 is 1.77 bits per heavy atom. The molecule has 0 spiro atoms. The van der Waals surface area contributed by atoms with Gasteiger partial charge in [0.2, 0.25) is 17.7 Å². The zero-order valence-corrected chi connectivity index (χ0v) is 14.6. The molecule has 0 unspecified atom stereocenters. The minimum atomic E-state index is -0.178. The van der Waals surface area contributed by atoms with Gasteiger partial charge in [-0.15, -0.1) is 10.2 Å². The van der Waals surface area contributed by atoms with Gasteiger partial charge in [0.05, 0.1) is 12.6 Å². The number of amides is 1. The topological polar surface area (TPSA) is 62.5 Å². The lowest BCUT2D eigenvalue weighted by atomic mass is 10.2. The molecule has 0 saturated carbocycles. The number of hydrogen-bond acceptors (Lipinski definition) is 5. The summed E-state index contributed by atoms with van der Waals surface area (Å²) < 4.78 is 5.76. The van der Waals surface area contributed by atoms with Crippen LogP contribution in [-0.2, 0) is 11.3 Å². The zero-order chi connectivity index (χ0) is 17.9. The fraction of sp³-hybridized carbons (Fsp3) is 0.250. The number of carbonyl (C=O) groups excluding carboxylic acids is 1. The monoisotopic (exact) mass is 348 g/mol. The van der Waals surface area contributed by atoms with Crippen LogP contribution in [-0.4, -0.2) is 40.6 Å². The van der Waals surface area contributed by atoms with Crippen molar-refractivity contribution >= 4 is 11.6 Å². The Kier molecular flexibility index (Phi) is 4.50. The summed E-state index contributed by atoms with van der Waals surface area (Å²) >= 11 is 0. The maximum atomic E-state index is 12.8. The third kappa shape index (κ3) is 3.23. The molecule has 1 amide bonds. The van der Waals surface area contributed by atoms with Crippen molar-refractivity contribution in [3.8, 4) is 11.5 Å². The maximum absolute atomic E-state index is 12.8. The molecule has 1 fully saturated rings. The van der Waals surface area contributed by atoms with E-state index < -0.39 is 0 Å². The van der Waals surface area contributed by atoms with Crippen LogP contribution in [0.15, 0.2) is 65.1 Å². The minimum absolute atomic E-state index is 0.112. The first-order chi connectivity index (χ1) is 12.7. The van der Waals surface area contributed by atoms with Gasteiger partial charge in [-0.05, 0) is 37.7 Å². The molecule has 0 bridgehead atoms. The molecular weight excluding hydrogens is 328 g/mol. The molecule has 132 valence electrons. The Hall–Kier alpha value is -2.99. The number of aromatic nitrogens is 2. The van der Waals surface area contributed by atoms with Gasteiger partial charge in [0.1, 0.15) is 0 Å². The molecule has 1 atom stereocenters. The van der Waals surface area contributed by atoms with E-state index in [9.17, 15) is 4.79 Å². The Bertz CT molecular complexity index is 879.